The molecule has 1 unspecified atom stereocenters. The summed E-state index contributed by atoms with van der Waals surface area (Å²) in [7, 11) is 0. The molecule has 0 aromatic carbocycles. The molecule has 1 atom stereocenters. The maximum atomic E-state index is 4.33. The van der Waals surface area contributed by atoms with E-state index in [1.54, 1.807) is 0 Å². The van der Waals surface area contributed by atoms with Gasteiger partial charge >= 0.3 is 0 Å². The summed E-state index contributed by atoms with van der Waals surface area (Å²) in [5.41, 5.74) is 1.45. The van der Waals surface area contributed by atoms with Gasteiger partial charge in [0.2, 0.25) is 0 Å². The highest BCUT2D eigenvalue weighted by atomic mass is 32.2. The Labute approximate surface area is 94.7 Å². The van der Waals surface area contributed by atoms with E-state index in [1.807, 2.05) is 6.33 Å². The van der Waals surface area contributed by atoms with Crippen LogP contribution in [-0.4, -0.2) is 34.1 Å². The molecule has 2 aliphatic rings. The first-order valence-corrected chi connectivity index (χ1v) is 6.91. The highest BCUT2D eigenvalue weighted by Crippen LogP contribution is 2.30. The molecule has 0 aliphatic carbocycles. The average Bonchev–Trinajstić information content (AvgIpc) is 2.65. The molecular weight excluding hydrogens is 206 g/mol. The van der Waals surface area contributed by atoms with E-state index in [0.717, 1.165) is 13.1 Å². The van der Waals surface area contributed by atoms with Crippen molar-refractivity contribution in [2.75, 3.05) is 24.6 Å². The van der Waals surface area contributed by atoms with E-state index in [1.165, 1.54) is 30.0 Å². The molecule has 0 saturated carbocycles. The van der Waals surface area contributed by atoms with Crippen LogP contribution in [0.5, 0.6) is 0 Å². The lowest BCUT2D eigenvalue weighted by Crippen LogP contribution is -2.41. The first-order chi connectivity index (χ1) is 7.45. The lowest BCUT2D eigenvalue weighted by Gasteiger charge is -2.31. The van der Waals surface area contributed by atoms with Gasteiger partial charge in [0.05, 0.1) is 6.33 Å². The van der Waals surface area contributed by atoms with Crippen molar-refractivity contribution in [3.05, 3.63) is 18.2 Å². The van der Waals surface area contributed by atoms with Crippen LogP contribution in [0.3, 0.4) is 0 Å². The van der Waals surface area contributed by atoms with Gasteiger partial charge < -0.3 is 9.88 Å². The molecule has 2 saturated heterocycles. The quantitative estimate of drug-likeness (QED) is 0.826. The summed E-state index contributed by atoms with van der Waals surface area (Å²) in [5.74, 6) is 3.31. The van der Waals surface area contributed by atoms with Crippen LogP contribution in [0.2, 0.25) is 0 Å². The van der Waals surface area contributed by atoms with Crippen LogP contribution < -0.4 is 5.32 Å². The van der Waals surface area contributed by atoms with E-state index in [2.05, 4.69) is 32.8 Å². The zero-order chi connectivity index (χ0) is 10.1. The predicted octanol–water partition coefficient (Wildman–Crippen LogP) is 1.64. The van der Waals surface area contributed by atoms with E-state index in [9.17, 15) is 0 Å². The number of thioether (sulfide) groups is 1. The second-order valence-corrected chi connectivity index (χ2v) is 5.60. The third-order valence-corrected chi connectivity index (χ3v) is 4.62. The highest BCUT2D eigenvalue weighted by molar-refractivity contribution is 7.99. The number of hydrogen-bond acceptors (Lipinski definition) is 3. The lowest BCUT2D eigenvalue weighted by molar-refractivity contribution is 0.399. The molecule has 82 valence electrons. The summed E-state index contributed by atoms with van der Waals surface area (Å²) in [4.78, 5) is 4.33. The van der Waals surface area contributed by atoms with E-state index >= 15 is 0 Å². The fourth-order valence-corrected chi connectivity index (χ4v) is 3.51. The van der Waals surface area contributed by atoms with E-state index in [4.69, 9.17) is 0 Å². The molecule has 3 rings (SSSR count). The summed E-state index contributed by atoms with van der Waals surface area (Å²) in [6, 6.07) is 0.696. The largest absolute Gasteiger partial charge is 0.330 e. The van der Waals surface area contributed by atoms with Gasteiger partial charge in [0, 0.05) is 42.7 Å². The van der Waals surface area contributed by atoms with Crippen molar-refractivity contribution in [1.82, 2.24) is 14.9 Å². The third kappa shape index (κ3) is 1.81. The minimum Gasteiger partial charge on any atom is -0.330 e. The van der Waals surface area contributed by atoms with Gasteiger partial charge in [0.15, 0.2) is 0 Å². The fraction of sp³-hybridized carbons (Fsp3) is 0.727. The van der Waals surface area contributed by atoms with Gasteiger partial charge in [-0.1, -0.05) is 0 Å². The van der Waals surface area contributed by atoms with Gasteiger partial charge in [0.1, 0.15) is 0 Å². The maximum absolute atomic E-state index is 4.33. The second kappa shape index (κ2) is 4.18. The van der Waals surface area contributed by atoms with Crippen molar-refractivity contribution in [3.63, 3.8) is 0 Å². The Morgan fingerprint density at radius 3 is 3.07 bits per heavy atom. The van der Waals surface area contributed by atoms with Crippen molar-refractivity contribution in [2.45, 2.75) is 24.8 Å². The number of hydrogen-bond donors (Lipinski definition) is 1. The fourth-order valence-electron chi connectivity index (χ4n) is 2.38. The SMILES string of the molecule is c1ncn(C2CCCSC2)c1C1CNC1. The van der Waals surface area contributed by atoms with Crippen LogP contribution in [0.25, 0.3) is 0 Å². The van der Waals surface area contributed by atoms with Gasteiger partial charge in [-0.15, -0.1) is 0 Å². The molecule has 4 heteroatoms. The maximum Gasteiger partial charge on any atom is 0.0951 e. The first-order valence-electron chi connectivity index (χ1n) is 5.75. The average molecular weight is 223 g/mol. The van der Waals surface area contributed by atoms with Crippen LogP contribution in [-0.2, 0) is 0 Å². The number of nitrogens with one attached hydrogen (secondary N) is 1. The van der Waals surface area contributed by atoms with Gasteiger partial charge in [-0.3, -0.25) is 0 Å². The summed E-state index contributed by atoms with van der Waals surface area (Å²) >= 11 is 2.08. The summed E-state index contributed by atoms with van der Waals surface area (Å²) in [6.45, 7) is 2.26. The second-order valence-electron chi connectivity index (χ2n) is 4.45. The monoisotopic (exact) mass is 223 g/mol. The van der Waals surface area contributed by atoms with Crippen LogP contribution in [0.1, 0.15) is 30.5 Å². The molecule has 0 spiro atoms. The molecule has 0 bridgehead atoms. The zero-order valence-electron chi connectivity index (χ0n) is 8.85. The van der Waals surface area contributed by atoms with Crippen molar-refractivity contribution in [3.8, 4) is 0 Å². The Bertz CT molecular complexity index is 326. The van der Waals surface area contributed by atoms with E-state index in [-0.39, 0.29) is 0 Å². The molecule has 2 fully saturated rings. The molecule has 1 N–H and O–H groups in total. The minimum atomic E-state index is 0.696. The molecular formula is C11H17N3S. The molecule has 3 heterocycles. The van der Waals surface area contributed by atoms with Gasteiger partial charge in [-0.05, 0) is 18.6 Å². The lowest BCUT2D eigenvalue weighted by atomic mass is 9.99. The van der Waals surface area contributed by atoms with Crippen LogP contribution >= 0.6 is 11.8 Å². The van der Waals surface area contributed by atoms with Crippen molar-refractivity contribution in [1.29, 1.82) is 0 Å². The summed E-state index contributed by atoms with van der Waals surface area (Å²) < 4.78 is 2.43. The van der Waals surface area contributed by atoms with E-state index in [0.29, 0.717) is 12.0 Å². The smallest absolute Gasteiger partial charge is 0.0951 e. The standard InChI is InChI=1S/C11H17N3S/c1-2-10(7-15-3-1)14-8-13-6-11(14)9-4-12-5-9/h6,8-10,12H,1-5,7H2. The molecule has 0 amide bonds. The Hall–Kier alpha value is -0.480. The van der Waals surface area contributed by atoms with Crippen molar-refractivity contribution < 1.29 is 0 Å². The van der Waals surface area contributed by atoms with Crippen LogP contribution in [0.15, 0.2) is 12.5 Å². The molecule has 1 aromatic heterocycles. The van der Waals surface area contributed by atoms with Gasteiger partial charge in [-0.2, -0.15) is 11.8 Å². The summed E-state index contributed by atoms with van der Waals surface area (Å²) in [5, 5.41) is 3.33. The molecule has 2 aliphatic heterocycles. The summed E-state index contributed by atoms with van der Waals surface area (Å²) in [6.07, 6.45) is 6.78. The number of rotatable bonds is 2. The van der Waals surface area contributed by atoms with Crippen molar-refractivity contribution >= 4 is 11.8 Å². The molecule has 0 radical (unpaired) electrons. The third-order valence-electron chi connectivity index (χ3n) is 3.43. The number of aromatic nitrogens is 2. The normalized spacial score (nSPS) is 27.6. The molecule has 3 nitrogen and oxygen atoms in total. The van der Waals surface area contributed by atoms with Crippen LogP contribution in [0, 0.1) is 0 Å². The van der Waals surface area contributed by atoms with Gasteiger partial charge in [-0.25, -0.2) is 4.98 Å². The van der Waals surface area contributed by atoms with Crippen molar-refractivity contribution in [2.24, 2.45) is 0 Å². The Morgan fingerprint density at radius 2 is 2.40 bits per heavy atom. The number of nitrogens with zero attached hydrogens (tertiary/aromatic N) is 2. The molecule has 1 aromatic rings. The van der Waals surface area contributed by atoms with E-state index < -0.39 is 0 Å². The highest BCUT2D eigenvalue weighted by Gasteiger charge is 2.25. The Balaban J connectivity index is 1.80. The number of imidazole rings is 1. The Morgan fingerprint density at radius 1 is 1.47 bits per heavy atom. The topological polar surface area (TPSA) is 29.9 Å². The predicted molar refractivity (Wildman–Crippen MR) is 63.4 cm³/mol. The zero-order valence-corrected chi connectivity index (χ0v) is 9.67. The Kier molecular flexibility index (Phi) is 2.71. The first kappa shape index (κ1) is 9.73. The van der Waals surface area contributed by atoms with Crippen LogP contribution in [0.4, 0.5) is 0 Å². The van der Waals surface area contributed by atoms with Gasteiger partial charge in [0.25, 0.3) is 0 Å². The molecule has 15 heavy (non-hydrogen) atoms. The minimum absolute atomic E-state index is 0.696.